The highest BCUT2D eigenvalue weighted by Gasteiger charge is 2.36. The third kappa shape index (κ3) is 5.80. The number of hydrogen-bond donors (Lipinski definition) is 2. The minimum Gasteiger partial charge on any atom is -0.444 e. The van der Waals surface area contributed by atoms with E-state index < -0.39 is 27.8 Å². The second kappa shape index (κ2) is 7.28. The van der Waals surface area contributed by atoms with Gasteiger partial charge in [-0.25, -0.2) is 17.9 Å². The molecule has 128 valence electrons. The first-order valence-electron chi connectivity index (χ1n) is 7.24. The SMILES string of the molecule is CNS(=O)(=O)CCNC(=O)C1CCCN1C(=O)OC(C)(C)C. The fraction of sp³-hybridized carbons (Fsp3) is 0.846. The molecule has 1 rings (SSSR count). The van der Waals surface area contributed by atoms with Crippen molar-refractivity contribution in [1.82, 2.24) is 14.9 Å². The number of likely N-dealkylation sites (tertiary alicyclic amines) is 1. The fourth-order valence-corrected chi connectivity index (χ4v) is 2.68. The minimum atomic E-state index is -3.36. The molecule has 1 unspecified atom stereocenters. The Hall–Kier alpha value is -1.35. The predicted molar refractivity (Wildman–Crippen MR) is 81.8 cm³/mol. The van der Waals surface area contributed by atoms with Crippen LogP contribution in [0.5, 0.6) is 0 Å². The van der Waals surface area contributed by atoms with Crippen LogP contribution in [-0.2, 0) is 19.6 Å². The van der Waals surface area contributed by atoms with Crippen LogP contribution in [0.25, 0.3) is 0 Å². The first kappa shape index (κ1) is 18.7. The van der Waals surface area contributed by atoms with Gasteiger partial charge in [-0.05, 0) is 40.7 Å². The molecule has 1 aliphatic rings. The zero-order valence-corrected chi connectivity index (χ0v) is 14.3. The molecule has 1 heterocycles. The Morgan fingerprint density at radius 1 is 1.32 bits per heavy atom. The lowest BCUT2D eigenvalue weighted by Crippen LogP contribution is -2.48. The molecule has 1 aliphatic heterocycles. The van der Waals surface area contributed by atoms with Gasteiger partial charge in [0.25, 0.3) is 0 Å². The fourth-order valence-electron chi connectivity index (χ4n) is 2.11. The lowest BCUT2D eigenvalue weighted by Gasteiger charge is -2.28. The van der Waals surface area contributed by atoms with Crippen molar-refractivity contribution in [2.75, 3.05) is 25.9 Å². The second-order valence-electron chi connectivity index (χ2n) is 6.15. The van der Waals surface area contributed by atoms with Gasteiger partial charge in [-0.1, -0.05) is 0 Å². The predicted octanol–water partition coefficient (Wildman–Crippen LogP) is 0.0513. The van der Waals surface area contributed by atoms with Gasteiger partial charge in [0, 0.05) is 13.1 Å². The first-order chi connectivity index (χ1) is 10.1. The molecule has 8 nitrogen and oxygen atoms in total. The van der Waals surface area contributed by atoms with Crippen molar-refractivity contribution >= 4 is 22.0 Å². The van der Waals surface area contributed by atoms with Crippen LogP contribution in [0, 0.1) is 0 Å². The van der Waals surface area contributed by atoms with E-state index in [1.54, 1.807) is 20.8 Å². The van der Waals surface area contributed by atoms with E-state index in [0.29, 0.717) is 19.4 Å². The molecule has 1 saturated heterocycles. The maximum absolute atomic E-state index is 12.1. The number of carbonyl (C=O) groups excluding carboxylic acids is 2. The average Bonchev–Trinajstić information content (AvgIpc) is 2.85. The molecule has 2 amide bonds. The molecule has 0 aromatic heterocycles. The van der Waals surface area contributed by atoms with Crippen LogP contribution in [0.2, 0.25) is 0 Å². The number of nitrogens with one attached hydrogen (secondary N) is 2. The monoisotopic (exact) mass is 335 g/mol. The Bertz CT molecular complexity index is 512. The summed E-state index contributed by atoms with van der Waals surface area (Å²) < 4.78 is 30.0. The lowest BCUT2D eigenvalue weighted by molar-refractivity contribution is -0.125. The third-order valence-corrected chi connectivity index (χ3v) is 4.53. The summed E-state index contributed by atoms with van der Waals surface area (Å²) in [5, 5.41) is 2.56. The zero-order valence-electron chi connectivity index (χ0n) is 13.5. The van der Waals surface area contributed by atoms with Crippen molar-refractivity contribution in [2.24, 2.45) is 0 Å². The van der Waals surface area contributed by atoms with E-state index >= 15 is 0 Å². The molecule has 1 atom stereocenters. The molecule has 0 bridgehead atoms. The summed E-state index contributed by atoms with van der Waals surface area (Å²) in [5.41, 5.74) is -0.623. The Morgan fingerprint density at radius 3 is 2.50 bits per heavy atom. The van der Waals surface area contributed by atoms with Gasteiger partial charge in [0.2, 0.25) is 15.9 Å². The van der Waals surface area contributed by atoms with Crippen molar-refractivity contribution in [3.63, 3.8) is 0 Å². The Labute approximate surface area is 131 Å². The van der Waals surface area contributed by atoms with Gasteiger partial charge in [0.15, 0.2) is 0 Å². The van der Waals surface area contributed by atoms with Crippen LogP contribution in [-0.4, -0.2) is 62.9 Å². The van der Waals surface area contributed by atoms with E-state index in [2.05, 4.69) is 10.0 Å². The molecule has 0 saturated carbocycles. The van der Waals surface area contributed by atoms with Crippen molar-refractivity contribution < 1.29 is 22.7 Å². The highest BCUT2D eigenvalue weighted by molar-refractivity contribution is 7.89. The van der Waals surface area contributed by atoms with Crippen molar-refractivity contribution in [2.45, 2.75) is 45.3 Å². The van der Waals surface area contributed by atoms with Crippen molar-refractivity contribution in [1.29, 1.82) is 0 Å². The van der Waals surface area contributed by atoms with E-state index in [1.165, 1.54) is 11.9 Å². The topological polar surface area (TPSA) is 105 Å². The van der Waals surface area contributed by atoms with Crippen LogP contribution in [0.1, 0.15) is 33.6 Å². The van der Waals surface area contributed by atoms with Gasteiger partial charge in [0.05, 0.1) is 5.75 Å². The summed E-state index contributed by atoms with van der Waals surface area (Å²) in [4.78, 5) is 25.6. The van der Waals surface area contributed by atoms with E-state index in [4.69, 9.17) is 4.74 Å². The summed E-state index contributed by atoms with van der Waals surface area (Å²) in [7, 11) is -2.04. The Kier molecular flexibility index (Phi) is 6.18. The second-order valence-corrected chi connectivity index (χ2v) is 8.19. The molecule has 22 heavy (non-hydrogen) atoms. The number of hydrogen-bond acceptors (Lipinski definition) is 5. The Balaban J connectivity index is 2.55. The molecular weight excluding hydrogens is 310 g/mol. The van der Waals surface area contributed by atoms with Crippen LogP contribution in [0.4, 0.5) is 4.79 Å². The molecular formula is C13H25N3O5S. The largest absolute Gasteiger partial charge is 0.444 e. The normalized spacial score (nSPS) is 19.1. The average molecular weight is 335 g/mol. The summed E-state index contributed by atoms with van der Waals surface area (Å²) >= 11 is 0. The van der Waals surface area contributed by atoms with E-state index in [0.717, 1.165) is 0 Å². The molecule has 1 fully saturated rings. The van der Waals surface area contributed by atoms with Gasteiger partial charge in [-0.3, -0.25) is 9.69 Å². The number of sulfonamides is 1. The Morgan fingerprint density at radius 2 is 1.95 bits per heavy atom. The molecule has 2 N–H and O–H groups in total. The third-order valence-electron chi connectivity index (χ3n) is 3.16. The maximum Gasteiger partial charge on any atom is 0.410 e. The van der Waals surface area contributed by atoms with Crippen molar-refractivity contribution in [3.05, 3.63) is 0 Å². The minimum absolute atomic E-state index is 0.000660. The lowest BCUT2D eigenvalue weighted by atomic mass is 10.2. The molecule has 0 aromatic carbocycles. The first-order valence-corrected chi connectivity index (χ1v) is 8.89. The molecule has 9 heteroatoms. The van der Waals surface area contributed by atoms with Crippen LogP contribution < -0.4 is 10.0 Å². The summed E-state index contributed by atoms with van der Waals surface area (Å²) in [6, 6.07) is -0.605. The molecule has 0 radical (unpaired) electrons. The van der Waals surface area contributed by atoms with Gasteiger partial charge in [0.1, 0.15) is 11.6 Å². The molecule has 0 spiro atoms. The highest BCUT2D eigenvalue weighted by Crippen LogP contribution is 2.20. The van der Waals surface area contributed by atoms with Gasteiger partial charge in [-0.2, -0.15) is 0 Å². The maximum atomic E-state index is 12.1. The van der Waals surface area contributed by atoms with E-state index in [-0.39, 0.29) is 18.2 Å². The molecule has 0 aliphatic carbocycles. The van der Waals surface area contributed by atoms with Crippen LogP contribution in [0.3, 0.4) is 0 Å². The number of ether oxygens (including phenoxy) is 1. The standard InChI is InChI=1S/C13H25N3O5S/c1-13(2,3)21-12(18)16-8-5-6-10(16)11(17)15-7-9-22(19,20)14-4/h10,14H,5-9H2,1-4H3,(H,15,17). The zero-order chi connectivity index (χ0) is 17.0. The summed E-state index contributed by atoms with van der Waals surface area (Å²) in [6.45, 7) is 5.75. The smallest absolute Gasteiger partial charge is 0.410 e. The highest BCUT2D eigenvalue weighted by atomic mass is 32.2. The number of amides is 2. The van der Waals surface area contributed by atoms with Gasteiger partial charge < -0.3 is 10.1 Å². The molecule has 0 aromatic rings. The number of nitrogens with zero attached hydrogens (tertiary/aromatic N) is 1. The number of rotatable bonds is 5. The van der Waals surface area contributed by atoms with Crippen LogP contribution in [0.15, 0.2) is 0 Å². The van der Waals surface area contributed by atoms with Gasteiger partial charge in [-0.15, -0.1) is 0 Å². The summed E-state index contributed by atoms with van der Waals surface area (Å²) in [5.74, 6) is -0.552. The van der Waals surface area contributed by atoms with Crippen LogP contribution >= 0.6 is 0 Å². The quantitative estimate of drug-likeness (QED) is 0.739. The number of carbonyl (C=O) groups is 2. The summed E-state index contributed by atoms with van der Waals surface area (Å²) in [6.07, 6.45) is 0.740. The van der Waals surface area contributed by atoms with Crippen molar-refractivity contribution in [3.8, 4) is 0 Å². The van der Waals surface area contributed by atoms with E-state index in [1.807, 2.05) is 0 Å². The van der Waals surface area contributed by atoms with E-state index in [9.17, 15) is 18.0 Å². The van der Waals surface area contributed by atoms with Gasteiger partial charge >= 0.3 is 6.09 Å².